The highest BCUT2D eigenvalue weighted by atomic mass is 32.1. The van der Waals surface area contributed by atoms with E-state index in [4.69, 9.17) is 5.73 Å². The van der Waals surface area contributed by atoms with Gasteiger partial charge >= 0.3 is 0 Å². The minimum atomic E-state index is 0.780. The fourth-order valence-corrected chi connectivity index (χ4v) is 2.81. The Kier molecular flexibility index (Phi) is 2.38. The minimum Gasteiger partial charge on any atom is -0.389 e. The average molecular weight is 258 g/mol. The second-order valence-electron chi connectivity index (χ2n) is 4.39. The molecule has 0 radical (unpaired) electrons. The van der Waals surface area contributed by atoms with Crippen LogP contribution in [0, 0.1) is 13.8 Å². The predicted molar refractivity (Wildman–Crippen MR) is 75.7 cm³/mol. The van der Waals surface area contributed by atoms with Crippen molar-refractivity contribution in [1.29, 1.82) is 0 Å². The number of anilines is 1. The van der Waals surface area contributed by atoms with E-state index in [0.29, 0.717) is 0 Å². The molecule has 2 heterocycles. The van der Waals surface area contributed by atoms with Crippen LogP contribution in [-0.2, 0) is 7.05 Å². The van der Waals surface area contributed by atoms with E-state index in [1.807, 2.05) is 20.9 Å². The van der Waals surface area contributed by atoms with Gasteiger partial charge in [-0.15, -0.1) is 0 Å². The van der Waals surface area contributed by atoms with Crippen LogP contribution in [-0.4, -0.2) is 14.5 Å². The summed E-state index contributed by atoms with van der Waals surface area (Å²) in [6.07, 6.45) is 0. The lowest BCUT2D eigenvalue weighted by Gasteiger charge is -1.98. The first-order chi connectivity index (χ1) is 8.56. The van der Waals surface area contributed by atoms with Crippen molar-refractivity contribution in [3.05, 3.63) is 29.7 Å². The summed E-state index contributed by atoms with van der Waals surface area (Å²) in [7, 11) is 2.02. The molecule has 0 saturated carbocycles. The largest absolute Gasteiger partial charge is 0.389 e. The molecular weight excluding hydrogens is 244 g/mol. The van der Waals surface area contributed by atoms with E-state index >= 15 is 0 Å². The number of hydrogen-bond donors (Lipinski definition) is 1. The molecule has 92 valence electrons. The number of fused-ring (bicyclic) bond motifs is 1. The van der Waals surface area contributed by atoms with E-state index in [1.165, 1.54) is 11.3 Å². The van der Waals surface area contributed by atoms with Crippen molar-refractivity contribution >= 4 is 27.4 Å². The third kappa shape index (κ3) is 1.59. The Morgan fingerprint density at radius 2 is 2.00 bits per heavy atom. The summed E-state index contributed by atoms with van der Waals surface area (Å²) in [6, 6.07) is 6.22. The zero-order valence-electron chi connectivity index (χ0n) is 10.6. The van der Waals surface area contributed by atoms with Gasteiger partial charge in [0.15, 0.2) is 0 Å². The second kappa shape index (κ2) is 3.81. The van der Waals surface area contributed by atoms with Crippen LogP contribution in [0.25, 0.3) is 21.6 Å². The molecule has 0 saturated heterocycles. The molecular formula is C13H14N4S. The summed E-state index contributed by atoms with van der Waals surface area (Å²) in [5, 5.41) is 1.73. The summed E-state index contributed by atoms with van der Waals surface area (Å²) in [4.78, 5) is 9.01. The summed E-state index contributed by atoms with van der Waals surface area (Å²) in [5.74, 6) is 1.01. The molecule has 2 aromatic heterocycles. The van der Waals surface area contributed by atoms with Crippen LogP contribution in [0.3, 0.4) is 0 Å². The molecule has 0 fully saturated rings. The van der Waals surface area contributed by atoms with E-state index < -0.39 is 0 Å². The van der Waals surface area contributed by atoms with Gasteiger partial charge in [-0.3, -0.25) is 0 Å². The Hall–Kier alpha value is -1.88. The number of aryl methyl sites for hydroxylation is 3. The first-order valence-corrected chi connectivity index (χ1v) is 6.54. The van der Waals surface area contributed by atoms with Crippen molar-refractivity contribution < 1.29 is 0 Å². The normalized spacial score (nSPS) is 11.3. The lowest BCUT2D eigenvalue weighted by Crippen LogP contribution is -1.89. The predicted octanol–water partition coefficient (Wildman–Crippen LogP) is 2.90. The number of aromatic nitrogens is 3. The quantitative estimate of drug-likeness (QED) is 0.730. The number of thiazole rings is 1. The van der Waals surface area contributed by atoms with Gasteiger partial charge in [-0.25, -0.2) is 9.97 Å². The van der Waals surface area contributed by atoms with Crippen LogP contribution in [0.2, 0.25) is 0 Å². The van der Waals surface area contributed by atoms with Gasteiger partial charge in [-0.05, 0) is 32.0 Å². The highest BCUT2D eigenvalue weighted by molar-refractivity contribution is 7.18. The van der Waals surface area contributed by atoms with Crippen LogP contribution in [0.5, 0.6) is 0 Å². The van der Waals surface area contributed by atoms with Crippen molar-refractivity contribution in [2.24, 2.45) is 7.05 Å². The SMILES string of the molecule is Cc1nc(-c2ccc3c(c2)nc(C)n3C)sc1N. The molecule has 1 aromatic carbocycles. The second-order valence-corrected chi connectivity index (χ2v) is 5.42. The van der Waals surface area contributed by atoms with E-state index in [-0.39, 0.29) is 0 Å². The maximum atomic E-state index is 5.86. The fraction of sp³-hybridized carbons (Fsp3) is 0.231. The molecule has 3 aromatic rings. The molecule has 0 bridgehead atoms. The van der Waals surface area contributed by atoms with Crippen molar-refractivity contribution in [1.82, 2.24) is 14.5 Å². The lowest BCUT2D eigenvalue weighted by atomic mass is 10.2. The van der Waals surface area contributed by atoms with Crippen molar-refractivity contribution in [2.45, 2.75) is 13.8 Å². The number of imidazole rings is 1. The first kappa shape index (κ1) is 11.2. The highest BCUT2D eigenvalue weighted by Gasteiger charge is 2.10. The topological polar surface area (TPSA) is 56.7 Å². The van der Waals surface area contributed by atoms with Gasteiger partial charge in [0.1, 0.15) is 15.8 Å². The monoisotopic (exact) mass is 258 g/mol. The molecule has 0 spiro atoms. The van der Waals surface area contributed by atoms with Crippen LogP contribution < -0.4 is 5.73 Å². The van der Waals surface area contributed by atoms with Gasteiger partial charge in [0.05, 0.1) is 16.7 Å². The number of nitrogens with two attached hydrogens (primary N) is 1. The van der Waals surface area contributed by atoms with Gasteiger partial charge in [-0.1, -0.05) is 11.3 Å². The third-order valence-electron chi connectivity index (χ3n) is 3.18. The zero-order valence-corrected chi connectivity index (χ0v) is 11.4. The van der Waals surface area contributed by atoms with Crippen LogP contribution in [0.15, 0.2) is 18.2 Å². The Bertz CT molecular complexity index is 719. The molecule has 0 aliphatic rings. The zero-order chi connectivity index (χ0) is 12.9. The Morgan fingerprint density at radius 1 is 1.22 bits per heavy atom. The molecule has 3 rings (SSSR count). The number of hydrogen-bond acceptors (Lipinski definition) is 4. The number of nitrogens with zero attached hydrogens (tertiary/aromatic N) is 3. The molecule has 2 N–H and O–H groups in total. The van der Waals surface area contributed by atoms with Crippen LogP contribution in [0.1, 0.15) is 11.5 Å². The summed E-state index contributed by atoms with van der Waals surface area (Å²) < 4.78 is 2.08. The summed E-state index contributed by atoms with van der Waals surface area (Å²) in [5.41, 5.74) is 9.96. The number of rotatable bonds is 1. The van der Waals surface area contributed by atoms with Crippen molar-refractivity contribution in [3.63, 3.8) is 0 Å². The first-order valence-electron chi connectivity index (χ1n) is 5.72. The molecule has 0 amide bonds. The van der Waals surface area contributed by atoms with E-state index in [2.05, 4.69) is 32.7 Å². The summed E-state index contributed by atoms with van der Waals surface area (Å²) in [6.45, 7) is 3.93. The number of nitrogen functional groups attached to an aromatic ring is 1. The van der Waals surface area contributed by atoms with E-state index in [9.17, 15) is 0 Å². The summed E-state index contributed by atoms with van der Waals surface area (Å²) >= 11 is 1.52. The maximum Gasteiger partial charge on any atom is 0.125 e. The maximum absolute atomic E-state index is 5.86. The molecule has 0 aliphatic carbocycles. The van der Waals surface area contributed by atoms with E-state index in [0.717, 1.165) is 38.1 Å². The lowest BCUT2D eigenvalue weighted by molar-refractivity contribution is 0.886. The molecule has 0 atom stereocenters. The molecule has 4 nitrogen and oxygen atoms in total. The molecule has 5 heteroatoms. The minimum absolute atomic E-state index is 0.780. The molecule has 18 heavy (non-hydrogen) atoms. The van der Waals surface area contributed by atoms with Gasteiger partial charge in [0, 0.05) is 12.6 Å². The van der Waals surface area contributed by atoms with Gasteiger partial charge in [0.25, 0.3) is 0 Å². The van der Waals surface area contributed by atoms with Crippen LogP contribution >= 0.6 is 11.3 Å². The van der Waals surface area contributed by atoms with Gasteiger partial charge < -0.3 is 10.3 Å². The Labute approximate surface area is 109 Å². The smallest absolute Gasteiger partial charge is 0.125 e. The van der Waals surface area contributed by atoms with Crippen LogP contribution in [0.4, 0.5) is 5.00 Å². The Balaban J connectivity index is 2.19. The fourth-order valence-electron chi connectivity index (χ4n) is 1.99. The van der Waals surface area contributed by atoms with Gasteiger partial charge in [-0.2, -0.15) is 0 Å². The average Bonchev–Trinajstić information content (AvgIpc) is 2.81. The van der Waals surface area contributed by atoms with E-state index in [1.54, 1.807) is 0 Å². The highest BCUT2D eigenvalue weighted by Crippen LogP contribution is 2.31. The van der Waals surface area contributed by atoms with Crippen molar-refractivity contribution in [3.8, 4) is 10.6 Å². The van der Waals surface area contributed by atoms with Crippen molar-refractivity contribution in [2.75, 3.05) is 5.73 Å². The molecule has 0 unspecified atom stereocenters. The Morgan fingerprint density at radius 3 is 2.67 bits per heavy atom. The van der Waals surface area contributed by atoms with Gasteiger partial charge in [0.2, 0.25) is 0 Å². The molecule has 0 aliphatic heterocycles. The third-order valence-corrected chi connectivity index (χ3v) is 4.22. The standard InChI is InChI=1S/C13H14N4S/c1-7-12(14)18-13(15-7)9-4-5-11-10(6-9)16-8(2)17(11)3/h4-6H,14H2,1-3H3. The number of benzene rings is 1.